The Balaban J connectivity index is 2.42. The second-order valence-electron chi connectivity index (χ2n) is 4.30. The first kappa shape index (κ1) is 13.6. The third kappa shape index (κ3) is 3.57. The van der Waals surface area contributed by atoms with Gasteiger partial charge >= 0.3 is 0 Å². The van der Waals surface area contributed by atoms with Gasteiger partial charge in [-0.25, -0.2) is 13.4 Å². The summed E-state index contributed by atoms with van der Waals surface area (Å²) in [6.07, 6.45) is 4.36. The molecule has 0 bridgehead atoms. The molecule has 1 aromatic heterocycles. The second kappa shape index (κ2) is 5.04. The van der Waals surface area contributed by atoms with E-state index in [1.807, 2.05) is 0 Å². The van der Waals surface area contributed by atoms with Crippen LogP contribution >= 0.6 is 0 Å². The van der Waals surface area contributed by atoms with Crippen molar-refractivity contribution in [2.45, 2.75) is 18.9 Å². The van der Waals surface area contributed by atoms with E-state index in [-0.39, 0.29) is 17.5 Å². The molecule has 1 heterocycles. The zero-order chi connectivity index (χ0) is 14.0. The van der Waals surface area contributed by atoms with Gasteiger partial charge in [-0.15, -0.1) is 0 Å². The van der Waals surface area contributed by atoms with Gasteiger partial charge in [-0.1, -0.05) is 0 Å². The highest BCUT2D eigenvalue weighted by molar-refractivity contribution is 7.92. The Labute approximate surface area is 111 Å². The number of ether oxygens (including phenoxy) is 1. The smallest absolute Gasteiger partial charge is 0.258 e. The van der Waals surface area contributed by atoms with Crippen molar-refractivity contribution in [1.29, 1.82) is 0 Å². The van der Waals surface area contributed by atoms with Gasteiger partial charge in [0.25, 0.3) is 5.91 Å². The molecule has 1 saturated carbocycles. The van der Waals surface area contributed by atoms with Crippen molar-refractivity contribution in [1.82, 2.24) is 10.3 Å². The number of aromatic nitrogens is 1. The molecule has 0 spiro atoms. The van der Waals surface area contributed by atoms with Crippen LogP contribution < -0.4 is 14.8 Å². The number of amides is 1. The number of pyridine rings is 1. The van der Waals surface area contributed by atoms with E-state index in [2.05, 4.69) is 15.0 Å². The van der Waals surface area contributed by atoms with Gasteiger partial charge in [-0.2, -0.15) is 0 Å². The van der Waals surface area contributed by atoms with E-state index >= 15 is 0 Å². The number of carbonyl (C=O) groups excluding carboxylic acids is 1. The number of sulfonamides is 1. The van der Waals surface area contributed by atoms with Crippen molar-refractivity contribution in [2.75, 3.05) is 18.0 Å². The van der Waals surface area contributed by atoms with Crippen LogP contribution in [0.1, 0.15) is 23.2 Å². The molecule has 2 N–H and O–H groups in total. The Morgan fingerprint density at radius 2 is 2.16 bits per heavy atom. The number of nitrogens with one attached hydrogen (secondary N) is 2. The van der Waals surface area contributed by atoms with Crippen molar-refractivity contribution in [3.8, 4) is 5.75 Å². The molecule has 1 aromatic rings. The molecule has 1 aliphatic carbocycles. The fraction of sp³-hybridized carbons (Fsp3) is 0.455. The number of carbonyl (C=O) groups is 1. The Morgan fingerprint density at radius 3 is 2.68 bits per heavy atom. The summed E-state index contributed by atoms with van der Waals surface area (Å²) in [7, 11) is -2.06. The van der Waals surface area contributed by atoms with Crippen molar-refractivity contribution in [2.24, 2.45) is 0 Å². The van der Waals surface area contributed by atoms with E-state index in [9.17, 15) is 13.2 Å². The molecule has 7 nitrogen and oxygen atoms in total. The minimum atomic E-state index is -3.52. The SMILES string of the molecule is CNC(=O)c1c(OC2CC2)ccnc1NS(C)(=O)=O. The van der Waals surface area contributed by atoms with E-state index in [1.54, 1.807) is 6.07 Å². The van der Waals surface area contributed by atoms with Gasteiger partial charge < -0.3 is 10.1 Å². The summed E-state index contributed by atoms with van der Waals surface area (Å²) in [6.45, 7) is 0. The maximum atomic E-state index is 11.9. The molecule has 0 radical (unpaired) electrons. The van der Waals surface area contributed by atoms with E-state index in [0.717, 1.165) is 19.1 Å². The lowest BCUT2D eigenvalue weighted by Gasteiger charge is -2.13. The van der Waals surface area contributed by atoms with Crippen LogP contribution in [0, 0.1) is 0 Å². The molecule has 0 saturated heterocycles. The van der Waals surface area contributed by atoms with Crippen LogP contribution in [0.2, 0.25) is 0 Å². The summed E-state index contributed by atoms with van der Waals surface area (Å²) in [5.41, 5.74) is 0.0994. The highest BCUT2D eigenvalue weighted by atomic mass is 32.2. The summed E-state index contributed by atoms with van der Waals surface area (Å²) >= 11 is 0. The monoisotopic (exact) mass is 285 g/mol. The molecule has 0 unspecified atom stereocenters. The van der Waals surface area contributed by atoms with Crippen molar-refractivity contribution in [3.05, 3.63) is 17.8 Å². The molecule has 0 atom stereocenters. The molecule has 1 aliphatic rings. The molecule has 0 aromatic carbocycles. The van der Waals surface area contributed by atoms with Crippen LogP contribution in [0.4, 0.5) is 5.82 Å². The zero-order valence-electron chi connectivity index (χ0n) is 10.6. The standard InChI is InChI=1S/C11H15N3O4S/c1-12-11(15)9-8(18-7-3-4-7)5-6-13-10(9)14-19(2,16)17/h5-7H,3-4H2,1-2H3,(H,12,15)(H,13,14). The summed E-state index contributed by atoms with van der Waals surface area (Å²) in [5, 5.41) is 2.45. The summed E-state index contributed by atoms with van der Waals surface area (Å²) in [6, 6.07) is 1.55. The normalized spacial score (nSPS) is 14.8. The molecule has 104 valence electrons. The van der Waals surface area contributed by atoms with Gasteiger partial charge in [0.15, 0.2) is 5.82 Å². The summed E-state index contributed by atoms with van der Waals surface area (Å²) in [5.74, 6) is -0.141. The van der Waals surface area contributed by atoms with E-state index in [0.29, 0.717) is 5.75 Å². The van der Waals surface area contributed by atoms with Crippen molar-refractivity contribution < 1.29 is 17.9 Å². The van der Waals surface area contributed by atoms with Crippen LogP contribution in [0.15, 0.2) is 12.3 Å². The third-order valence-corrected chi connectivity index (χ3v) is 3.03. The van der Waals surface area contributed by atoms with E-state index in [4.69, 9.17) is 4.74 Å². The first-order chi connectivity index (χ1) is 8.90. The zero-order valence-corrected chi connectivity index (χ0v) is 11.5. The Hall–Kier alpha value is -1.83. The third-order valence-electron chi connectivity index (χ3n) is 2.47. The highest BCUT2D eigenvalue weighted by Crippen LogP contribution is 2.31. The molecule has 1 fully saturated rings. The van der Waals surface area contributed by atoms with E-state index < -0.39 is 15.9 Å². The lowest BCUT2D eigenvalue weighted by molar-refractivity contribution is 0.0959. The topological polar surface area (TPSA) is 97.4 Å². The number of hydrogen-bond donors (Lipinski definition) is 2. The fourth-order valence-corrected chi connectivity index (χ4v) is 2.01. The number of anilines is 1. The maximum absolute atomic E-state index is 11.9. The summed E-state index contributed by atoms with van der Waals surface area (Å²) < 4.78 is 30.4. The Bertz CT molecular complexity index is 596. The van der Waals surface area contributed by atoms with Crippen molar-refractivity contribution >= 4 is 21.7 Å². The maximum Gasteiger partial charge on any atom is 0.258 e. The molecule has 8 heteroatoms. The number of nitrogens with zero attached hydrogens (tertiary/aromatic N) is 1. The van der Waals surface area contributed by atoms with Gasteiger partial charge in [-0.05, 0) is 18.9 Å². The predicted molar refractivity (Wildman–Crippen MR) is 69.7 cm³/mol. The number of hydrogen-bond acceptors (Lipinski definition) is 5. The molecular weight excluding hydrogens is 270 g/mol. The van der Waals surface area contributed by atoms with Gasteiger partial charge in [-0.3, -0.25) is 9.52 Å². The first-order valence-corrected chi connectivity index (χ1v) is 7.65. The predicted octanol–water partition coefficient (Wildman–Crippen LogP) is 0.354. The lowest BCUT2D eigenvalue weighted by atomic mass is 10.2. The van der Waals surface area contributed by atoms with Gasteiger partial charge in [0, 0.05) is 13.2 Å². The number of rotatable bonds is 5. The van der Waals surface area contributed by atoms with Gasteiger partial charge in [0.1, 0.15) is 11.3 Å². The van der Waals surface area contributed by atoms with Gasteiger partial charge in [0.05, 0.1) is 12.4 Å². The largest absolute Gasteiger partial charge is 0.489 e. The minimum absolute atomic E-state index is 0.0278. The fourth-order valence-electron chi connectivity index (χ4n) is 1.51. The second-order valence-corrected chi connectivity index (χ2v) is 6.05. The molecule has 19 heavy (non-hydrogen) atoms. The molecular formula is C11H15N3O4S. The van der Waals surface area contributed by atoms with Crippen LogP contribution in [0.3, 0.4) is 0 Å². The average Bonchev–Trinajstić information content (AvgIpc) is 3.10. The Morgan fingerprint density at radius 1 is 1.47 bits per heavy atom. The van der Waals surface area contributed by atoms with Crippen molar-refractivity contribution in [3.63, 3.8) is 0 Å². The summed E-state index contributed by atoms with van der Waals surface area (Å²) in [4.78, 5) is 15.8. The molecule has 2 rings (SSSR count). The van der Waals surface area contributed by atoms with Crippen LogP contribution in [0.25, 0.3) is 0 Å². The average molecular weight is 285 g/mol. The van der Waals surface area contributed by atoms with E-state index in [1.165, 1.54) is 13.2 Å². The molecule has 0 aliphatic heterocycles. The first-order valence-electron chi connectivity index (χ1n) is 5.76. The Kier molecular flexibility index (Phi) is 3.61. The lowest BCUT2D eigenvalue weighted by Crippen LogP contribution is -2.23. The van der Waals surface area contributed by atoms with Crippen LogP contribution in [-0.4, -0.2) is 38.7 Å². The van der Waals surface area contributed by atoms with Gasteiger partial charge in [0.2, 0.25) is 10.0 Å². The molecule has 1 amide bonds. The minimum Gasteiger partial charge on any atom is -0.489 e. The van der Waals surface area contributed by atoms with Crippen LogP contribution in [-0.2, 0) is 10.0 Å². The quantitative estimate of drug-likeness (QED) is 0.813. The van der Waals surface area contributed by atoms with Crippen LogP contribution in [0.5, 0.6) is 5.75 Å². The highest BCUT2D eigenvalue weighted by Gasteiger charge is 2.27.